The Morgan fingerprint density at radius 3 is 2.85 bits per heavy atom. The highest BCUT2D eigenvalue weighted by atomic mass is 14.8. The molecule has 1 aliphatic rings. The zero-order valence-electron chi connectivity index (χ0n) is 7.99. The Morgan fingerprint density at radius 2 is 2.15 bits per heavy atom. The number of hydrogen-bond donors (Lipinski definition) is 1. The van der Waals surface area contributed by atoms with Crippen LogP contribution >= 0.6 is 0 Å². The Kier molecular flexibility index (Phi) is 1.93. The van der Waals surface area contributed by atoms with Crippen LogP contribution in [-0.4, -0.2) is 6.21 Å². The first-order valence-corrected chi connectivity index (χ1v) is 4.62. The maximum atomic E-state index is 5.87. The van der Waals surface area contributed by atoms with Gasteiger partial charge in [-0.15, -0.1) is 0 Å². The number of aliphatic imine (C=N–C) groups is 1. The maximum Gasteiger partial charge on any atom is 0.0678 e. The highest BCUT2D eigenvalue weighted by molar-refractivity contribution is 5.80. The van der Waals surface area contributed by atoms with Crippen molar-refractivity contribution >= 4 is 11.9 Å². The van der Waals surface area contributed by atoms with Crippen molar-refractivity contribution in [3.8, 4) is 0 Å². The molecule has 2 nitrogen and oxygen atoms in total. The minimum absolute atomic E-state index is 0.00583. The summed E-state index contributed by atoms with van der Waals surface area (Å²) in [5.41, 5.74) is 9.38. The molecule has 0 aromatic heterocycles. The molecule has 0 saturated carbocycles. The van der Waals surface area contributed by atoms with E-state index >= 15 is 0 Å². The van der Waals surface area contributed by atoms with Gasteiger partial charge in [0.1, 0.15) is 0 Å². The summed E-state index contributed by atoms with van der Waals surface area (Å²) in [6.07, 6.45) is 1.80. The molecule has 1 atom stereocenters. The second-order valence-electron chi connectivity index (χ2n) is 3.78. The summed E-state index contributed by atoms with van der Waals surface area (Å²) in [5.74, 6) is 0.554. The number of hydrogen-bond acceptors (Lipinski definition) is 2. The van der Waals surface area contributed by atoms with Gasteiger partial charge in [-0.3, -0.25) is 4.99 Å². The van der Waals surface area contributed by atoms with E-state index in [2.05, 4.69) is 31.0 Å². The summed E-state index contributed by atoms with van der Waals surface area (Å²) in [5, 5.41) is 0. The van der Waals surface area contributed by atoms with Crippen LogP contribution in [0.3, 0.4) is 0 Å². The van der Waals surface area contributed by atoms with Crippen LogP contribution in [0.1, 0.15) is 36.9 Å². The molecule has 0 aliphatic carbocycles. The number of benzene rings is 1. The molecule has 13 heavy (non-hydrogen) atoms. The molecule has 2 N–H and O–H groups in total. The van der Waals surface area contributed by atoms with Gasteiger partial charge in [0.15, 0.2) is 0 Å². The summed E-state index contributed by atoms with van der Waals surface area (Å²) < 4.78 is 0. The van der Waals surface area contributed by atoms with Crippen LogP contribution in [0.2, 0.25) is 0 Å². The monoisotopic (exact) mass is 174 g/mol. The lowest BCUT2D eigenvalue weighted by Gasteiger charge is -2.09. The Balaban J connectivity index is 2.45. The SMILES string of the molecule is CC(C)c1ccc2c(c1)C(N)C=N2. The topological polar surface area (TPSA) is 38.4 Å². The van der Waals surface area contributed by atoms with Crippen LogP contribution in [0.5, 0.6) is 0 Å². The molecule has 0 radical (unpaired) electrons. The first-order chi connectivity index (χ1) is 6.18. The van der Waals surface area contributed by atoms with Gasteiger partial charge < -0.3 is 5.73 Å². The lowest BCUT2D eigenvalue weighted by molar-refractivity contribution is 0.860. The highest BCUT2D eigenvalue weighted by Crippen LogP contribution is 2.31. The van der Waals surface area contributed by atoms with Crippen LogP contribution in [0.4, 0.5) is 5.69 Å². The fraction of sp³-hybridized carbons (Fsp3) is 0.364. The molecule has 1 heterocycles. The minimum atomic E-state index is -0.00583. The first-order valence-electron chi connectivity index (χ1n) is 4.62. The number of fused-ring (bicyclic) bond motifs is 1. The van der Waals surface area contributed by atoms with Gasteiger partial charge in [-0.05, 0) is 17.5 Å². The summed E-state index contributed by atoms with van der Waals surface area (Å²) in [4.78, 5) is 4.23. The van der Waals surface area contributed by atoms with Crippen LogP contribution in [0, 0.1) is 0 Å². The van der Waals surface area contributed by atoms with Crippen molar-refractivity contribution in [2.24, 2.45) is 10.7 Å². The number of rotatable bonds is 1. The predicted molar refractivity (Wildman–Crippen MR) is 55.6 cm³/mol. The predicted octanol–water partition coefficient (Wildman–Crippen LogP) is 2.53. The van der Waals surface area contributed by atoms with E-state index in [0.29, 0.717) is 5.92 Å². The second kappa shape index (κ2) is 2.96. The third-order valence-electron chi connectivity index (χ3n) is 2.45. The van der Waals surface area contributed by atoms with E-state index in [9.17, 15) is 0 Å². The Hall–Kier alpha value is -1.15. The van der Waals surface area contributed by atoms with Crippen molar-refractivity contribution in [3.63, 3.8) is 0 Å². The van der Waals surface area contributed by atoms with E-state index in [0.717, 1.165) is 11.3 Å². The quantitative estimate of drug-likeness (QED) is 0.698. The van der Waals surface area contributed by atoms with Crippen molar-refractivity contribution in [1.29, 1.82) is 0 Å². The van der Waals surface area contributed by atoms with E-state index in [1.54, 1.807) is 6.21 Å². The van der Waals surface area contributed by atoms with Gasteiger partial charge in [-0.2, -0.15) is 0 Å². The molecule has 0 fully saturated rings. The smallest absolute Gasteiger partial charge is 0.0678 e. The third-order valence-corrected chi connectivity index (χ3v) is 2.45. The van der Waals surface area contributed by atoms with Crippen molar-refractivity contribution in [2.45, 2.75) is 25.8 Å². The average molecular weight is 174 g/mol. The standard InChI is InChI=1S/C11H14N2/c1-7(2)8-3-4-11-9(5-8)10(12)6-13-11/h3-7,10H,12H2,1-2H3. The maximum absolute atomic E-state index is 5.87. The molecule has 1 aromatic carbocycles. The van der Waals surface area contributed by atoms with Gasteiger partial charge in [0.2, 0.25) is 0 Å². The lowest BCUT2D eigenvalue weighted by atomic mass is 9.98. The van der Waals surface area contributed by atoms with Crippen LogP contribution in [-0.2, 0) is 0 Å². The van der Waals surface area contributed by atoms with E-state index in [1.807, 2.05) is 6.07 Å². The molecule has 1 aromatic rings. The fourth-order valence-corrected chi connectivity index (χ4v) is 1.56. The van der Waals surface area contributed by atoms with Crippen molar-refractivity contribution in [3.05, 3.63) is 29.3 Å². The number of nitrogens with two attached hydrogens (primary N) is 1. The molecular formula is C11H14N2. The minimum Gasteiger partial charge on any atom is -0.319 e. The van der Waals surface area contributed by atoms with Gasteiger partial charge in [0, 0.05) is 11.8 Å². The van der Waals surface area contributed by atoms with Crippen LogP contribution in [0.25, 0.3) is 0 Å². The number of nitrogens with zero attached hydrogens (tertiary/aromatic N) is 1. The van der Waals surface area contributed by atoms with Gasteiger partial charge in [-0.25, -0.2) is 0 Å². The Bertz CT molecular complexity index is 353. The zero-order chi connectivity index (χ0) is 9.42. The average Bonchev–Trinajstić information content (AvgIpc) is 2.47. The van der Waals surface area contributed by atoms with Crippen LogP contribution < -0.4 is 5.73 Å². The molecule has 2 rings (SSSR count). The largest absolute Gasteiger partial charge is 0.319 e. The normalized spacial score (nSPS) is 19.5. The first kappa shape index (κ1) is 8.45. The molecule has 0 amide bonds. The molecule has 0 saturated heterocycles. The molecule has 1 aliphatic heterocycles. The van der Waals surface area contributed by atoms with Crippen LogP contribution in [0.15, 0.2) is 23.2 Å². The molecule has 1 unspecified atom stereocenters. The molecule has 0 bridgehead atoms. The van der Waals surface area contributed by atoms with Gasteiger partial charge in [0.25, 0.3) is 0 Å². The van der Waals surface area contributed by atoms with E-state index in [1.165, 1.54) is 5.56 Å². The van der Waals surface area contributed by atoms with Gasteiger partial charge in [0.05, 0.1) is 11.7 Å². The summed E-state index contributed by atoms with van der Waals surface area (Å²) in [7, 11) is 0. The Morgan fingerprint density at radius 1 is 1.38 bits per heavy atom. The molecule has 68 valence electrons. The fourth-order valence-electron chi connectivity index (χ4n) is 1.56. The van der Waals surface area contributed by atoms with Gasteiger partial charge in [-0.1, -0.05) is 26.0 Å². The van der Waals surface area contributed by atoms with Crippen molar-refractivity contribution in [2.75, 3.05) is 0 Å². The van der Waals surface area contributed by atoms with Crippen molar-refractivity contribution in [1.82, 2.24) is 0 Å². The van der Waals surface area contributed by atoms with Gasteiger partial charge >= 0.3 is 0 Å². The zero-order valence-corrected chi connectivity index (χ0v) is 7.99. The van der Waals surface area contributed by atoms with E-state index in [4.69, 9.17) is 5.73 Å². The third kappa shape index (κ3) is 1.38. The molecule has 2 heteroatoms. The van der Waals surface area contributed by atoms with E-state index in [-0.39, 0.29) is 6.04 Å². The summed E-state index contributed by atoms with van der Waals surface area (Å²) in [6, 6.07) is 6.33. The Labute approximate surface area is 78.5 Å². The van der Waals surface area contributed by atoms with E-state index < -0.39 is 0 Å². The van der Waals surface area contributed by atoms with Crippen molar-refractivity contribution < 1.29 is 0 Å². The molecular weight excluding hydrogens is 160 g/mol. The highest BCUT2D eigenvalue weighted by Gasteiger charge is 2.15. The molecule has 0 spiro atoms. The lowest BCUT2D eigenvalue weighted by Crippen LogP contribution is -2.08. The summed E-state index contributed by atoms with van der Waals surface area (Å²) >= 11 is 0. The second-order valence-corrected chi connectivity index (χ2v) is 3.78. The summed E-state index contributed by atoms with van der Waals surface area (Å²) in [6.45, 7) is 4.37.